The van der Waals surface area contributed by atoms with Gasteiger partial charge in [-0.2, -0.15) is 0 Å². The van der Waals surface area contributed by atoms with E-state index >= 15 is 0 Å². The maximum absolute atomic E-state index is 9.82. The average Bonchev–Trinajstić information content (AvgIpc) is 2.24. The molecule has 0 saturated carbocycles. The average molecular weight is 210 g/mol. The number of rotatable bonds is 5. The molecule has 0 aromatic heterocycles. The zero-order chi connectivity index (χ0) is 11.3. The van der Waals surface area contributed by atoms with E-state index in [0.29, 0.717) is 24.7 Å². The van der Waals surface area contributed by atoms with E-state index < -0.39 is 0 Å². The van der Waals surface area contributed by atoms with Crippen molar-refractivity contribution in [2.75, 3.05) is 13.2 Å². The van der Waals surface area contributed by atoms with Crippen molar-refractivity contribution in [3.8, 4) is 17.2 Å². The maximum Gasteiger partial charge on any atom is 0.200 e. The third kappa shape index (κ3) is 2.78. The van der Waals surface area contributed by atoms with E-state index in [1.165, 1.54) is 0 Å². The lowest BCUT2D eigenvalue weighted by atomic mass is 10.1. The van der Waals surface area contributed by atoms with Crippen LogP contribution in [0.3, 0.4) is 0 Å². The predicted molar refractivity (Wildman–Crippen MR) is 59.8 cm³/mol. The fraction of sp³-hybridized carbons (Fsp3) is 0.500. The van der Waals surface area contributed by atoms with E-state index in [-0.39, 0.29) is 5.75 Å². The van der Waals surface area contributed by atoms with Gasteiger partial charge in [0.2, 0.25) is 5.75 Å². The van der Waals surface area contributed by atoms with Crippen molar-refractivity contribution in [3.63, 3.8) is 0 Å². The molecular weight excluding hydrogens is 192 g/mol. The molecule has 0 amide bonds. The third-order valence-electron chi connectivity index (χ3n) is 2.11. The van der Waals surface area contributed by atoms with Crippen molar-refractivity contribution in [3.05, 3.63) is 17.7 Å². The Kier molecular flexibility index (Phi) is 4.28. The normalized spacial score (nSPS) is 10.1. The topological polar surface area (TPSA) is 38.7 Å². The molecule has 0 bridgehead atoms. The van der Waals surface area contributed by atoms with E-state index in [1.54, 1.807) is 0 Å². The van der Waals surface area contributed by atoms with E-state index in [0.717, 1.165) is 12.0 Å². The molecule has 0 unspecified atom stereocenters. The fourth-order valence-electron chi connectivity index (χ4n) is 1.37. The van der Waals surface area contributed by atoms with E-state index in [4.69, 9.17) is 9.47 Å². The smallest absolute Gasteiger partial charge is 0.200 e. The molecule has 0 heterocycles. The Morgan fingerprint density at radius 2 is 1.47 bits per heavy atom. The second-order valence-corrected chi connectivity index (χ2v) is 3.16. The SMILES string of the molecule is CCOc1cc(CC)cc(OCC)c1O. The number of hydrogen-bond donors (Lipinski definition) is 1. The minimum atomic E-state index is 0.0934. The molecule has 0 aliphatic heterocycles. The highest BCUT2D eigenvalue weighted by Crippen LogP contribution is 2.37. The van der Waals surface area contributed by atoms with Crippen LogP contribution in [0.25, 0.3) is 0 Å². The van der Waals surface area contributed by atoms with Crippen LogP contribution < -0.4 is 9.47 Å². The minimum Gasteiger partial charge on any atom is -0.502 e. The van der Waals surface area contributed by atoms with Crippen LogP contribution in [-0.4, -0.2) is 18.3 Å². The van der Waals surface area contributed by atoms with Gasteiger partial charge >= 0.3 is 0 Å². The molecule has 15 heavy (non-hydrogen) atoms. The van der Waals surface area contributed by atoms with Gasteiger partial charge in [0.15, 0.2) is 11.5 Å². The van der Waals surface area contributed by atoms with Crippen molar-refractivity contribution in [1.82, 2.24) is 0 Å². The van der Waals surface area contributed by atoms with Crippen LogP contribution in [0, 0.1) is 0 Å². The molecule has 1 aromatic carbocycles. The molecule has 0 spiro atoms. The molecule has 0 saturated heterocycles. The Morgan fingerprint density at radius 1 is 1.00 bits per heavy atom. The van der Waals surface area contributed by atoms with Gasteiger partial charge in [-0.15, -0.1) is 0 Å². The first kappa shape index (κ1) is 11.7. The second kappa shape index (κ2) is 5.49. The summed E-state index contributed by atoms with van der Waals surface area (Å²) < 4.78 is 10.7. The maximum atomic E-state index is 9.82. The number of benzene rings is 1. The summed E-state index contributed by atoms with van der Waals surface area (Å²) in [4.78, 5) is 0. The van der Waals surface area contributed by atoms with Gasteiger partial charge in [0.25, 0.3) is 0 Å². The lowest BCUT2D eigenvalue weighted by Crippen LogP contribution is -1.97. The molecule has 0 radical (unpaired) electrons. The molecule has 1 rings (SSSR count). The highest BCUT2D eigenvalue weighted by atomic mass is 16.5. The van der Waals surface area contributed by atoms with Crippen LogP contribution in [-0.2, 0) is 6.42 Å². The Morgan fingerprint density at radius 3 is 1.80 bits per heavy atom. The van der Waals surface area contributed by atoms with E-state index in [2.05, 4.69) is 6.92 Å². The quantitative estimate of drug-likeness (QED) is 0.812. The lowest BCUT2D eigenvalue weighted by Gasteiger charge is -2.12. The van der Waals surface area contributed by atoms with Crippen LogP contribution in [0.15, 0.2) is 12.1 Å². The molecule has 3 heteroatoms. The van der Waals surface area contributed by atoms with Crippen molar-refractivity contribution in [2.45, 2.75) is 27.2 Å². The first-order chi connectivity index (χ1) is 7.22. The van der Waals surface area contributed by atoms with Gasteiger partial charge in [-0.3, -0.25) is 0 Å². The van der Waals surface area contributed by atoms with Crippen molar-refractivity contribution >= 4 is 0 Å². The molecule has 0 aliphatic rings. The predicted octanol–water partition coefficient (Wildman–Crippen LogP) is 2.75. The van der Waals surface area contributed by atoms with Crippen LogP contribution in [0.5, 0.6) is 17.2 Å². The summed E-state index contributed by atoms with van der Waals surface area (Å²) in [7, 11) is 0. The molecule has 84 valence electrons. The van der Waals surface area contributed by atoms with Crippen molar-refractivity contribution in [2.24, 2.45) is 0 Å². The Bertz CT molecular complexity index is 294. The van der Waals surface area contributed by atoms with Gasteiger partial charge in [0.05, 0.1) is 13.2 Å². The van der Waals surface area contributed by atoms with Gasteiger partial charge in [-0.1, -0.05) is 6.92 Å². The van der Waals surface area contributed by atoms with Crippen molar-refractivity contribution < 1.29 is 14.6 Å². The zero-order valence-electron chi connectivity index (χ0n) is 9.54. The van der Waals surface area contributed by atoms with Gasteiger partial charge in [-0.25, -0.2) is 0 Å². The largest absolute Gasteiger partial charge is 0.502 e. The number of aromatic hydroxyl groups is 1. The summed E-state index contributed by atoms with van der Waals surface area (Å²) in [5.74, 6) is 1.09. The van der Waals surface area contributed by atoms with Gasteiger partial charge in [0, 0.05) is 0 Å². The molecule has 1 N–H and O–H groups in total. The Hall–Kier alpha value is -1.38. The van der Waals surface area contributed by atoms with E-state index in [9.17, 15) is 5.11 Å². The van der Waals surface area contributed by atoms with Crippen LogP contribution >= 0.6 is 0 Å². The minimum absolute atomic E-state index is 0.0934. The number of aryl methyl sites for hydroxylation is 1. The summed E-state index contributed by atoms with van der Waals surface area (Å²) in [6.45, 7) is 6.90. The van der Waals surface area contributed by atoms with Gasteiger partial charge < -0.3 is 14.6 Å². The van der Waals surface area contributed by atoms with Crippen LogP contribution in [0.1, 0.15) is 26.3 Å². The molecule has 1 aromatic rings. The fourth-order valence-corrected chi connectivity index (χ4v) is 1.37. The Balaban J connectivity index is 3.08. The third-order valence-corrected chi connectivity index (χ3v) is 2.11. The number of ether oxygens (including phenoxy) is 2. The first-order valence-electron chi connectivity index (χ1n) is 5.34. The lowest BCUT2D eigenvalue weighted by molar-refractivity contribution is 0.289. The van der Waals surface area contributed by atoms with Crippen LogP contribution in [0.4, 0.5) is 0 Å². The highest BCUT2D eigenvalue weighted by molar-refractivity contribution is 5.52. The summed E-state index contributed by atoms with van der Waals surface area (Å²) in [6.07, 6.45) is 0.889. The summed E-state index contributed by atoms with van der Waals surface area (Å²) in [5, 5.41) is 9.82. The van der Waals surface area contributed by atoms with Crippen molar-refractivity contribution in [1.29, 1.82) is 0 Å². The molecule has 0 aliphatic carbocycles. The highest BCUT2D eigenvalue weighted by Gasteiger charge is 2.11. The second-order valence-electron chi connectivity index (χ2n) is 3.16. The first-order valence-corrected chi connectivity index (χ1v) is 5.34. The molecule has 3 nitrogen and oxygen atoms in total. The summed E-state index contributed by atoms with van der Waals surface area (Å²) >= 11 is 0. The summed E-state index contributed by atoms with van der Waals surface area (Å²) in [6, 6.07) is 3.70. The van der Waals surface area contributed by atoms with Gasteiger partial charge in [-0.05, 0) is 38.0 Å². The monoisotopic (exact) mass is 210 g/mol. The van der Waals surface area contributed by atoms with Crippen LogP contribution in [0.2, 0.25) is 0 Å². The number of phenolic OH excluding ortho intramolecular Hbond substituents is 1. The standard InChI is InChI=1S/C12H18O3/c1-4-9-7-10(14-5-2)12(13)11(8-9)15-6-3/h7-8,13H,4-6H2,1-3H3. The molecular formula is C12H18O3. The van der Waals surface area contributed by atoms with E-state index in [1.807, 2.05) is 26.0 Å². The number of phenols is 1. The Labute approximate surface area is 90.6 Å². The molecule has 0 atom stereocenters. The number of hydrogen-bond acceptors (Lipinski definition) is 3. The molecule has 0 fully saturated rings. The van der Waals surface area contributed by atoms with Gasteiger partial charge in [0.1, 0.15) is 0 Å². The summed E-state index contributed by atoms with van der Waals surface area (Å²) in [5.41, 5.74) is 1.10. The zero-order valence-corrected chi connectivity index (χ0v) is 9.54.